The first-order valence-electron chi connectivity index (χ1n) is 7.77. The number of carbonyl (C=O) groups is 1. The van der Waals surface area contributed by atoms with E-state index >= 15 is 0 Å². The monoisotopic (exact) mass is 384 g/mol. The molecule has 0 aliphatic heterocycles. The van der Waals surface area contributed by atoms with Crippen molar-refractivity contribution in [2.45, 2.75) is 18.0 Å². The van der Waals surface area contributed by atoms with Crippen LogP contribution in [0.5, 0.6) is 5.75 Å². The van der Waals surface area contributed by atoms with Gasteiger partial charge in [-0.25, -0.2) is 9.97 Å². The van der Waals surface area contributed by atoms with E-state index in [1.165, 1.54) is 23.1 Å². The Balaban J connectivity index is 1.73. The van der Waals surface area contributed by atoms with Gasteiger partial charge in [-0.1, -0.05) is 17.8 Å². The minimum absolute atomic E-state index is 0.151. The number of imidazole rings is 1. The van der Waals surface area contributed by atoms with E-state index < -0.39 is 5.92 Å². The Kier molecular flexibility index (Phi) is 5.71. The maximum absolute atomic E-state index is 12.5. The molecule has 0 saturated heterocycles. The van der Waals surface area contributed by atoms with Crippen LogP contribution in [0, 0.1) is 18.3 Å². The SMILES string of the molecule is COc1cccc(-n2ccnc2SCC(=O)C(C#N)c2nc(C)cs2)c1. The van der Waals surface area contributed by atoms with Crippen LogP contribution in [0.1, 0.15) is 16.6 Å². The lowest BCUT2D eigenvalue weighted by Crippen LogP contribution is -2.13. The van der Waals surface area contributed by atoms with Crippen LogP contribution >= 0.6 is 23.1 Å². The highest BCUT2D eigenvalue weighted by atomic mass is 32.2. The average molecular weight is 384 g/mol. The molecule has 1 aromatic carbocycles. The second-order valence-corrected chi connectivity index (χ2v) is 7.26. The van der Waals surface area contributed by atoms with Crippen molar-refractivity contribution >= 4 is 28.9 Å². The number of hydrogen-bond donors (Lipinski definition) is 0. The molecule has 0 bridgehead atoms. The maximum atomic E-state index is 12.5. The molecule has 2 heterocycles. The minimum Gasteiger partial charge on any atom is -0.497 e. The summed E-state index contributed by atoms with van der Waals surface area (Å²) in [5.41, 5.74) is 1.71. The molecule has 2 aromatic heterocycles. The first-order valence-corrected chi connectivity index (χ1v) is 9.64. The maximum Gasteiger partial charge on any atom is 0.173 e. The molecule has 0 fully saturated rings. The summed E-state index contributed by atoms with van der Waals surface area (Å²) in [6.07, 6.45) is 3.51. The standard InChI is InChI=1S/C18H16N4O2S2/c1-12-10-25-17(21-12)15(9-19)16(23)11-26-18-20-6-7-22(18)13-4-3-5-14(8-13)24-2/h3-8,10,15H,11H2,1-2H3. The Labute approximate surface area is 159 Å². The van der Waals surface area contributed by atoms with Crippen molar-refractivity contribution in [2.24, 2.45) is 0 Å². The first kappa shape index (κ1) is 18.2. The second-order valence-electron chi connectivity index (χ2n) is 5.43. The van der Waals surface area contributed by atoms with Gasteiger partial charge in [-0.15, -0.1) is 11.3 Å². The summed E-state index contributed by atoms with van der Waals surface area (Å²) in [6, 6.07) is 9.65. The summed E-state index contributed by atoms with van der Waals surface area (Å²) in [5.74, 6) is -0.113. The summed E-state index contributed by atoms with van der Waals surface area (Å²) >= 11 is 2.64. The number of thiazole rings is 1. The van der Waals surface area contributed by atoms with Crippen LogP contribution in [0.3, 0.4) is 0 Å². The van der Waals surface area contributed by atoms with Crippen LogP contribution in [-0.4, -0.2) is 33.2 Å². The number of Topliss-reactive ketones (excluding diaryl/α,β-unsaturated/α-hetero) is 1. The molecule has 0 amide bonds. The molecule has 0 radical (unpaired) electrons. The summed E-state index contributed by atoms with van der Waals surface area (Å²) in [5, 5.41) is 12.4. The Morgan fingerprint density at radius 1 is 1.50 bits per heavy atom. The molecule has 0 saturated carbocycles. The third-order valence-electron chi connectivity index (χ3n) is 3.62. The van der Waals surface area contributed by atoms with Crippen LogP contribution in [0.4, 0.5) is 0 Å². The van der Waals surface area contributed by atoms with E-state index in [1.54, 1.807) is 13.3 Å². The smallest absolute Gasteiger partial charge is 0.173 e. The van der Waals surface area contributed by atoms with Crippen molar-refractivity contribution < 1.29 is 9.53 Å². The zero-order valence-corrected chi connectivity index (χ0v) is 15.9. The lowest BCUT2D eigenvalue weighted by atomic mass is 10.1. The van der Waals surface area contributed by atoms with Gasteiger partial charge < -0.3 is 4.74 Å². The number of ether oxygens (including phenoxy) is 1. The molecule has 132 valence electrons. The summed E-state index contributed by atoms with van der Waals surface area (Å²) in [4.78, 5) is 21.1. The van der Waals surface area contributed by atoms with Gasteiger partial charge in [0.15, 0.2) is 16.9 Å². The molecule has 8 heteroatoms. The molecule has 0 aliphatic carbocycles. The van der Waals surface area contributed by atoms with Gasteiger partial charge in [0, 0.05) is 29.5 Å². The molecule has 1 atom stereocenters. The molecular formula is C18H16N4O2S2. The molecule has 0 N–H and O–H groups in total. The number of nitriles is 1. The highest BCUT2D eigenvalue weighted by molar-refractivity contribution is 7.99. The Morgan fingerprint density at radius 3 is 3.04 bits per heavy atom. The van der Waals surface area contributed by atoms with E-state index in [1.807, 2.05) is 47.3 Å². The zero-order valence-electron chi connectivity index (χ0n) is 14.2. The Hall–Kier alpha value is -2.63. The highest BCUT2D eigenvalue weighted by Gasteiger charge is 2.24. The quantitative estimate of drug-likeness (QED) is 0.579. The number of thioether (sulfide) groups is 1. The van der Waals surface area contributed by atoms with E-state index in [9.17, 15) is 10.1 Å². The lowest BCUT2D eigenvalue weighted by Gasteiger charge is -2.09. The van der Waals surface area contributed by atoms with Gasteiger partial charge in [0.2, 0.25) is 0 Å². The van der Waals surface area contributed by atoms with Gasteiger partial charge in [0.05, 0.1) is 24.6 Å². The second kappa shape index (κ2) is 8.17. The molecule has 0 aliphatic rings. The van der Waals surface area contributed by atoms with E-state index in [0.717, 1.165) is 17.1 Å². The number of hydrogen-bond acceptors (Lipinski definition) is 7. The zero-order chi connectivity index (χ0) is 18.5. The van der Waals surface area contributed by atoms with Gasteiger partial charge in [-0.3, -0.25) is 9.36 Å². The Morgan fingerprint density at radius 2 is 2.35 bits per heavy atom. The fraction of sp³-hybridized carbons (Fsp3) is 0.222. The lowest BCUT2D eigenvalue weighted by molar-refractivity contribution is -0.116. The fourth-order valence-electron chi connectivity index (χ4n) is 2.34. The largest absolute Gasteiger partial charge is 0.497 e. The molecular weight excluding hydrogens is 368 g/mol. The van der Waals surface area contributed by atoms with E-state index in [2.05, 4.69) is 16.0 Å². The van der Waals surface area contributed by atoms with Crippen LogP contribution in [-0.2, 0) is 4.79 Å². The molecule has 0 spiro atoms. The van der Waals surface area contributed by atoms with Crippen LogP contribution in [0.2, 0.25) is 0 Å². The van der Waals surface area contributed by atoms with E-state index in [-0.39, 0.29) is 11.5 Å². The highest BCUT2D eigenvalue weighted by Crippen LogP contribution is 2.26. The van der Waals surface area contributed by atoms with Gasteiger partial charge in [-0.2, -0.15) is 5.26 Å². The number of aromatic nitrogens is 3. The molecule has 1 unspecified atom stereocenters. The summed E-state index contributed by atoms with van der Waals surface area (Å²) in [6.45, 7) is 1.85. The van der Waals surface area contributed by atoms with Crippen LogP contribution < -0.4 is 4.74 Å². The number of aryl methyl sites for hydroxylation is 1. The van der Waals surface area contributed by atoms with Crippen molar-refractivity contribution in [1.82, 2.24) is 14.5 Å². The number of rotatable bonds is 7. The van der Waals surface area contributed by atoms with Crippen molar-refractivity contribution in [3.63, 3.8) is 0 Å². The summed E-state index contributed by atoms with van der Waals surface area (Å²) < 4.78 is 7.14. The van der Waals surface area contributed by atoms with Gasteiger partial charge in [0.25, 0.3) is 0 Å². The van der Waals surface area contributed by atoms with Crippen molar-refractivity contribution in [3.8, 4) is 17.5 Å². The van der Waals surface area contributed by atoms with E-state index in [4.69, 9.17) is 4.74 Å². The van der Waals surface area contributed by atoms with Crippen LogP contribution in [0.15, 0.2) is 47.2 Å². The fourth-order valence-corrected chi connectivity index (χ4v) is 4.08. The molecule has 3 rings (SSSR count). The number of methoxy groups -OCH3 is 1. The first-order chi connectivity index (χ1) is 12.6. The third-order valence-corrected chi connectivity index (χ3v) is 5.63. The van der Waals surface area contributed by atoms with Crippen molar-refractivity contribution in [2.75, 3.05) is 12.9 Å². The van der Waals surface area contributed by atoms with Gasteiger partial charge in [-0.05, 0) is 19.1 Å². The average Bonchev–Trinajstić information content (AvgIpc) is 3.29. The van der Waals surface area contributed by atoms with Crippen molar-refractivity contribution in [3.05, 3.63) is 52.7 Å². The third kappa shape index (κ3) is 3.95. The normalized spacial score (nSPS) is 11.7. The predicted molar refractivity (Wildman–Crippen MR) is 101 cm³/mol. The number of carbonyl (C=O) groups excluding carboxylic acids is 1. The topological polar surface area (TPSA) is 80.8 Å². The molecule has 3 aromatic rings. The predicted octanol–water partition coefficient (Wildman–Crippen LogP) is 3.61. The molecule has 6 nitrogen and oxygen atoms in total. The van der Waals surface area contributed by atoms with E-state index in [0.29, 0.717) is 10.2 Å². The van der Waals surface area contributed by atoms with Crippen molar-refractivity contribution in [1.29, 1.82) is 5.26 Å². The summed E-state index contributed by atoms with van der Waals surface area (Å²) in [7, 11) is 1.61. The number of ketones is 1. The minimum atomic E-state index is -0.832. The number of nitrogens with zero attached hydrogens (tertiary/aromatic N) is 4. The number of benzene rings is 1. The Bertz CT molecular complexity index is 958. The molecule has 26 heavy (non-hydrogen) atoms. The van der Waals surface area contributed by atoms with Crippen LogP contribution in [0.25, 0.3) is 5.69 Å². The van der Waals surface area contributed by atoms with Gasteiger partial charge >= 0.3 is 0 Å². The van der Waals surface area contributed by atoms with Gasteiger partial charge in [0.1, 0.15) is 10.8 Å².